The minimum atomic E-state index is 0.531. The average molecular weight is 261 g/mol. The largest absolute Gasteiger partial charge is 0.233 e. The van der Waals surface area contributed by atoms with E-state index in [1.54, 1.807) is 0 Å². The molecule has 18 heavy (non-hydrogen) atoms. The zero-order chi connectivity index (χ0) is 13.3. The monoisotopic (exact) mass is 260 g/mol. The molecule has 0 amide bonds. The van der Waals surface area contributed by atoms with Crippen LogP contribution in [0.2, 0.25) is 5.15 Å². The summed E-state index contributed by atoms with van der Waals surface area (Å²) in [5.41, 5.74) is 4.19. The summed E-state index contributed by atoms with van der Waals surface area (Å²) in [4.78, 5) is 8.82. The molecule has 0 atom stereocenters. The fourth-order valence-corrected chi connectivity index (χ4v) is 1.96. The number of aromatic nitrogens is 2. The van der Waals surface area contributed by atoms with Crippen LogP contribution in [0.25, 0.3) is 11.4 Å². The van der Waals surface area contributed by atoms with Crippen LogP contribution in [0, 0.1) is 13.8 Å². The standard InChI is InChI=1S/C15H17ClN2/c1-9(2)12-5-7-13(8-6-12)15-17-11(4)10(3)14(16)18-15/h5-9H,1-4H3. The molecule has 2 rings (SSSR count). The molecule has 0 N–H and O–H groups in total. The summed E-state index contributed by atoms with van der Waals surface area (Å²) in [5, 5.41) is 0.533. The number of hydrogen-bond donors (Lipinski definition) is 0. The molecular weight excluding hydrogens is 244 g/mol. The topological polar surface area (TPSA) is 25.8 Å². The van der Waals surface area contributed by atoms with Crippen LogP contribution in [-0.4, -0.2) is 9.97 Å². The Balaban J connectivity index is 2.43. The summed E-state index contributed by atoms with van der Waals surface area (Å²) in [7, 11) is 0. The van der Waals surface area contributed by atoms with Gasteiger partial charge < -0.3 is 0 Å². The van der Waals surface area contributed by atoms with Crippen molar-refractivity contribution in [1.29, 1.82) is 0 Å². The van der Waals surface area contributed by atoms with Crippen LogP contribution in [0.1, 0.15) is 36.6 Å². The fraction of sp³-hybridized carbons (Fsp3) is 0.333. The molecule has 94 valence electrons. The third kappa shape index (κ3) is 2.54. The van der Waals surface area contributed by atoms with Gasteiger partial charge in [-0.3, -0.25) is 0 Å². The van der Waals surface area contributed by atoms with Gasteiger partial charge in [-0.1, -0.05) is 49.7 Å². The lowest BCUT2D eigenvalue weighted by molar-refractivity contribution is 0.867. The molecule has 0 saturated carbocycles. The molecular formula is C15H17ClN2. The summed E-state index contributed by atoms with van der Waals surface area (Å²) in [6.07, 6.45) is 0. The van der Waals surface area contributed by atoms with E-state index >= 15 is 0 Å². The predicted molar refractivity (Wildman–Crippen MR) is 76.0 cm³/mol. The molecule has 0 aliphatic carbocycles. The highest BCUT2D eigenvalue weighted by atomic mass is 35.5. The van der Waals surface area contributed by atoms with Crippen LogP contribution < -0.4 is 0 Å². The zero-order valence-corrected chi connectivity index (χ0v) is 11.9. The van der Waals surface area contributed by atoms with Crippen molar-refractivity contribution >= 4 is 11.6 Å². The highest BCUT2D eigenvalue weighted by molar-refractivity contribution is 6.30. The Morgan fingerprint density at radius 2 is 1.61 bits per heavy atom. The van der Waals surface area contributed by atoms with E-state index in [1.165, 1.54) is 5.56 Å². The summed E-state index contributed by atoms with van der Waals surface area (Å²) in [6, 6.07) is 8.34. The first-order chi connectivity index (χ1) is 8.49. The van der Waals surface area contributed by atoms with E-state index in [0.717, 1.165) is 16.8 Å². The average Bonchev–Trinajstić information content (AvgIpc) is 2.35. The van der Waals surface area contributed by atoms with Crippen molar-refractivity contribution in [2.45, 2.75) is 33.6 Å². The van der Waals surface area contributed by atoms with E-state index in [9.17, 15) is 0 Å². The number of aryl methyl sites for hydroxylation is 1. The molecule has 0 radical (unpaired) electrons. The Labute approximate surface area is 113 Å². The maximum absolute atomic E-state index is 6.10. The third-order valence-electron chi connectivity index (χ3n) is 3.17. The van der Waals surface area contributed by atoms with Crippen molar-refractivity contribution in [3.05, 3.63) is 46.2 Å². The van der Waals surface area contributed by atoms with E-state index in [2.05, 4.69) is 48.1 Å². The van der Waals surface area contributed by atoms with Gasteiger partial charge in [-0.25, -0.2) is 9.97 Å². The van der Waals surface area contributed by atoms with Gasteiger partial charge in [0.15, 0.2) is 5.82 Å². The van der Waals surface area contributed by atoms with Gasteiger partial charge in [0.25, 0.3) is 0 Å². The van der Waals surface area contributed by atoms with E-state index in [4.69, 9.17) is 11.6 Å². The summed E-state index contributed by atoms with van der Waals surface area (Å²) < 4.78 is 0. The van der Waals surface area contributed by atoms with Gasteiger partial charge >= 0.3 is 0 Å². The van der Waals surface area contributed by atoms with Crippen molar-refractivity contribution < 1.29 is 0 Å². The van der Waals surface area contributed by atoms with Crippen LogP contribution in [0.4, 0.5) is 0 Å². The number of nitrogens with zero attached hydrogens (tertiary/aromatic N) is 2. The molecule has 2 aromatic rings. The molecule has 1 aromatic carbocycles. The Morgan fingerprint density at radius 1 is 1.00 bits per heavy atom. The molecule has 0 aliphatic heterocycles. The third-order valence-corrected chi connectivity index (χ3v) is 3.53. The van der Waals surface area contributed by atoms with Gasteiger partial charge in [0.1, 0.15) is 5.15 Å². The van der Waals surface area contributed by atoms with Crippen molar-refractivity contribution in [2.75, 3.05) is 0 Å². The van der Waals surface area contributed by atoms with Gasteiger partial charge in [0.05, 0.1) is 0 Å². The van der Waals surface area contributed by atoms with Crippen molar-refractivity contribution in [3.63, 3.8) is 0 Å². The van der Waals surface area contributed by atoms with Gasteiger partial charge in [0.2, 0.25) is 0 Å². The van der Waals surface area contributed by atoms with Gasteiger partial charge in [-0.2, -0.15) is 0 Å². The Hall–Kier alpha value is -1.41. The summed E-state index contributed by atoms with van der Waals surface area (Å²) >= 11 is 6.10. The molecule has 0 unspecified atom stereocenters. The van der Waals surface area contributed by atoms with Gasteiger partial charge in [-0.15, -0.1) is 0 Å². The number of rotatable bonds is 2. The molecule has 0 fully saturated rings. The smallest absolute Gasteiger partial charge is 0.161 e. The SMILES string of the molecule is Cc1nc(-c2ccc(C(C)C)cc2)nc(Cl)c1C. The van der Waals surface area contributed by atoms with Crippen LogP contribution in [0.15, 0.2) is 24.3 Å². The minimum absolute atomic E-state index is 0.531. The first-order valence-electron chi connectivity index (χ1n) is 6.10. The van der Waals surface area contributed by atoms with Gasteiger partial charge in [-0.05, 0) is 25.3 Å². The highest BCUT2D eigenvalue weighted by Crippen LogP contribution is 2.23. The van der Waals surface area contributed by atoms with Crippen molar-refractivity contribution in [1.82, 2.24) is 9.97 Å². The number of halogens is 1. The van der Waals surface area contributed by atoms with Crippen LogP contribution >= 0.6 is 11.6 Å². The summed E-state index contributed by atoms with van der Waals surface area (Å²) in [5.74, 6) is 1.22. The molecule has 1 aromatic heterocycles. The van der Waals surface area contributed by atoms with E-state index < -0.39 is 0 Å². The second kappa shape index (κ2) is 5.07. The maximum Gasteiger partial charge on any atom is 0.161 e. The van der Waals surface area contributed by atoms with Crippen molar-refractivity contribution in [3.8, 4) is 11.4 Å². The number of benzene rings is 1. The molecule has 0 spiro atoms. The fourth-order valence-electron chi connectivity index (χ4n) is 1.74. The quantitative estimate of drug-likeness (QED) is 0.741. The molecule has 1 heterocycles. The maximum atomic E-state index is 6.10. The van der Waals surface area contributed by atoms with E-state index in [1.807, 2.05) is 13.8 Å². The predicted octanol–water partition coefficient (Wildman–Crippen LogP) is 4.54. The first-order valence-corrected chi connectivity index (χ1v) is 6.48. The lowest BCUT2D eigenvalue weighted by Crippen LogP contribution is -1.97. The minimum Gasteiger partial charge on any atom is -0.233 e. The summed E-state index contributed by atoms with van der Waals surface area (Å²) in [6.45, 7) is 8.25. The van der Waals surface area contributed by atoms with E-state index in [0.29, 0.717) is 16.9 Å². The number of hydrogen-bond acceptors (Lipinski definition) is 2. The molecule has 0 aliphatic rings. The lowest BCUT2D eigenvalue weighted by atomic mass is 10.0. The van der Waals surface area contributed by atoms with E-state index in [-0.39, 0.29) is 0 Å². The Morgan fingerprint density at radius 3 is 2.11 bits per heavy atom. The lowest BCUT2D eigenvalue weighted by Gasteiger charge is -2.08. The molecule has 3 heteroatoms. The molecule has 0 saturated heterocycles. The van der Waals surface area contributed by atoms with Crippen LogP contribution in [0.5, 0.6) is 0 Å². The Kier molecular flexibility index (Phi) is 3.67. The second-order valence-electron chi connectivity index (χ2n) is 4.83. The van der Waals surface area contributed by atoms with Crippen LogP contribution in [0.3, 0.4) is 0 Å². The highest BCUT2D eigenvalue weighted by Gasteiger charge is 2.08. The second-order valence-corrected chi connectivity index (χ2v) is 5.18. The Bertz CT molecular complexity index is 536. The zero-order valence-electron chi connectivity index (χ0n) is 11.2. The van der Waals surface area contributed by atoms with Crippen LogP contribution in [-0.2, 0) is 0 Å². The van der Waals surface area contributed by atoms with Crippen molar-refractivity contribution in [2.24, 2.45) is 0 Å². The van der Waals surface area contributed by atoms with Gasteiger partial charge in [0, 0.05) is 16.8 Å². The first kappa shape index (κ1) is 13.0. The normalized spacial score (nSPS) is 11.0. The molecule has 0 bridgehead atoms. The molecule has 2 nitrogen and oxygen atoms in total.